The van der Waals surface area contributed by atoms with Crippen LogP contribution in [0.1, 0.15) is 16.2 Å². The first-order valence-corrected chi connectivity index (χ1v) is 5.43. The second-order valence-electron chi connectivity index (χ2n) is 3.92. The number of nitrogens with zero attached hydrogens (tertiary/aromatic N) is 3. The second-order valence-corrected chi connectivity index (χ2v) is 3.92. The molecule has 1 heterocycles. The van der Waals surface area contributed by atoms with Crippen molar-refractivity contribution in [2.75, 3.05) is 11.9 Å². The number of phenols is 1. The van der Waals surface area contributed by atoms with Gasteiger partial charge >= 0.3 is 0 Å². The molecule has 0 saturated heterocycles. The van der Waals surface area contributed by atoms with Crippen molar-refractivity contribution in [1.29, 1.82) is 0 Å². The molecule has 1 aromatic carbocycles. The zero-order valence-corrected chi connectivity index (χ0v) is 10.2. The van der Waals surface area contributed by atoms with Crippen molar-refractivity contribution in [2.45, 2.75) is 6.92 Å². The van der Waals surface area contributed by atoms with Crippen molar-refractivity contribution in [3.63, 3.8) is 0 Å². The lowest BCUT2D eigenvalue weighted by atomic mass is 10.2. The van der Waals surface area contributed by atoms with Crippen LogP contribution in [0.4, 0.5) is 5.69 Å². The van der Waals surface area contributed by atoms with Gasteiger partial charge in [0.2, 0.25) is 0 Å². The maximum atomic E-state index is 12.1. The summed E-state index contributed by atoms with van der Waals surface area (Å²) in [6, 6.07) is 6.38. The van der Waals surface area contributed by atoms with Crippen molar-refractivity contribution in [3.05, 3.63) is 48.0 Å². The van der Waals surface area contributed by atoms with Crippen LogP contribution < -0.4 is 4.90 Å². The van der Waals surface area contributed by atoms with Crippen LogP contribution in [-0.4, -0.2) is 28.0 Å². The molecule has 1 aromatic heterocycles. The molecule has 0 radical (unpaired) electrons. The molecule has 0 aliphatic heterocycles. The molecule has 5 heteroatoms. The van der Waals surface area contributed by atoms with Crippen LogP contribution in [0.25, 0.3) is 0 Å². The largest absolute Gasteiger partial charge is 0.508 e. The lowest BCUT2D eigenvalue weighted by molar-refractivity contribution is 0.0988. The van der Waals surface area contributed by atoms with Crippen LogP contribution in [0.5, 0.6) is 5.75 Å². The molecule has 5 nitrogen and oxygen atoms in total. The summed E-state index contributed by atoms with van der Waals surface area (Å²) in [6.45, 7) is 1.81. The smallest absolute Gasteiger partial charge is 0.278 e. The first-order chi connectivity index (χ1) is 8.58. The lowest BCUT2D eigenvalue weighted by Gasteiger charge is -2.16. The van der Waals surface area contributed by atoms with Crippen LogP contribution in [0.15, 0.2) is 36.7 Å². The molecule has 0 unspecified atom stereocenters. The third-order valence-corrected chi connectivity index (χ3v) is 2.54. The molecule has 0 aliphatic carbocycles. The van der Waals surface area contributed by atoms with Crippen LogP contribution in [0.3, 0.4) is 0 Å². The van der Waals surface area contributed by atoms with E-state index in [4.69, 9.17) is 0 Å². The average molecular weight is 243 g/mol. The second kappa shape index (κ2) is 4.83. The van der Waals surface area contributed by atoms with E-state index in [1.807, 2.05) is 6.92 Å². The Labute approximate surface area is 105 Å². The molecule has 2 rings (SSSR count). The number of aromatic nitrogens is 2. The Kier molecular flexibility index (Phi) is 3.23. The highest BCUT2D eigenvalue weighted by Gasteiger charge is 2.14. The van der Waals surface area contributed by atoms with Gasteiger partial charge < -0.3 is 10.0 Å². The Morgan fingerprint density at radius 1 is 1.17 bits per heavy atom. The van der Waals surface area contributed by atoms with Crippen molar-refractivity contribution in [2.24, 2.45) is 0 Å². The Hall–Kier alpha value is -2.43. The zero-order chi connectivity index (χ0) is 13.1. The molecule has 0 atom stereocenters. The van der Waals surface area contributed by atoms with E-state index in [-0.39, 0.29) is 17.4 Å². The quantitative estimate of drug-likeness (QED) is 0.872. The summed E-state index contributed by atoms with van der Waals surface area (Å²) in [5.74, 6) is -0.0806. The predicted molar refractivity (Wildman–Crippen MR) is 67.6 cm³/mol. The number of aryl methyl sites for hydroxylation is 1. The number of amides is 1. The SMILES string of the molecule is Cc1cnc(C(=O)N(C)c2ccc(O)cc2)cn1. The Balaban J connectivity index is 2.23. The number of carbonyl (C=O) groups is 1. The van der Waals surface area contributed by atoms with Gasteiger partial charge in [-0.2, -0.15) is 0 Å². The maximum Gasteiger partial charge on any atom is 0.278 e. The average Bonchev–Trinajstić information content (AvgIpc) is 2.39. The zero-order valence-electron chi connectivity index (χ0n) is 10.2. The number of benzene rings is 1. The molecule has 0 spiro atoms. The van der Waals surface area contributed by atoms with E-state index in [0.717, 1.165) is 5.69 Å². The predicted octanol–water partition coefficient (Wildman–Crippen LogP) is 1.77. The Morgan fingerprint density at radius 3 is 2.39 bits per heavy atom. The van der Waals surface area contributed by atoms with E-state index < -0.39 is 0 Å². The minimum absolute atomic E-state index is 0.162. The van der Waals surface area contributed by atoms with Crippen LogP contribution in [0, 0.1) is 6.92 Å². The van der Waals surface area contributed by atoms with Crippen LogP contribution in [0.2, 0.25) is 0 Å². The third-order valence-electron chi connectivity index (χ3n) is 2.54. The van der Waals surface area contributed by atoms with Gasteiger partial charge in [-0.05, 0) is 31.2 Å². The van der Waals surface area contributed by atoms with Gasteiger partial charge in [0.15, 0.2) is 0 Å². The normalized spacial score (nSPS) is 10.1. The fourth-order valence-corrected chi connectivity index (χ4v) is 1.47. The first-order valence-electron chi connectivity index (χ1n) is 5.43. The molecule has 92 valence electrons. The minimum atomic E-state index is -0.242. The molecule has 1 amide bonds. The van der Waals surface area contributed by atoms with Gasteiger partial charge in [0.1, 0.15) is 11.4 Å². The standard InChI is InChI=1S/C13H13N3O2/c1-9-7-15-12(8-14-9)13(18)16(2)10-3-5-11(17)6-4-10/h3-8,17H,1-2H3. The van der Waals surface area contributed by atoms with Crippen LogP contribution >= 0.6 is 0 Å². The number of rotatable bonds is 2. The lowest BCUT2D eigenvalue weighted by Crippen LogP contribution is -2.27. The van der Waals surface area contributed by atoms with Gasteiger partial charge in [-0.25, -0.2) is 4.98 Å². The highest BCUT2D eigenvalue weighted by molar-refractivity contribution is 6.04. The minimum Gasteiger partial charge on any atom is -0.508 e. The molecular formula is C13H13N3O2. The highest BCUT2D eigenvalue weighted by atomic mass is 16.3. The van der Waals surface area contributed by atoms with Gasteiger partial charge in [0, 0.05) is 18.9 Å². The van der Waals surface area contributed by atoms with Crippen molar-refractivity contribution < 1.29 is 9.90 Å². The van der Waals surface area contributed by atoms with E-state index in [9.17, 15) is 9.90 Å². The number of anilines is 1. The molecule has 18 heavy (non-hydrogen) atoms. The van der Waals surface area contributed by atoms with Gasteiger partial charge in [0.05, 0.1) is 11.9 Å². The fourth-order valence-electron chi connectivity index (χ4n) is 1.47. The number of hydrogen-bond acceptors (Lipinski definition) is 4. The maximum absolute atomic E-state index is 12.1. The van der Waals surface area contributed by atoms with Gasteiger partial charge in [-0.1, -0.05) is 0 Å². The fraction of sp³-hybridized carbons (Fsp3) is 0.154. The summed E-state index contributed by atoms with van der Waals surface area (Å²) in [4.78, 5) is 21.6. The number of hydrogen-bond donors (Lipinski definition) is 1. The topological polar surface area (TPSA) is 66.3 Å². The Morgan fingerprint density at radius 2 is 1.83 bits per heavy atom. The molecule has 2 aromatic rings. The van der Waals surface area contributed by atoms with Gasteiger partial charge in [-0.3, -0.25) is 9.78 Å². The number of aromatic hydroxyl groups is 1. The summed E-state index contributed by atoms with van der Waals surface area (Å²) < 4.78 is 0. The van der Waals surface area contributed by atoms with Crippen molar-refractivity contribution in [3.8, 4) is 5.75 Å². The Bertz CT molecular complexity index is 549. The van der Waals surface area contributed by atoms with E-state index >= 15 is 0 Å². The molecule has 0 aliphatic rings. The van der Waals surface area contributed by atoms with E-state index in [0.29, 0.717) is 5.69 Å². The van der Waals surface area contributed by atoms with Gasteiger partial charge in [-0.15, -0.1) is 0 Å². The van der Waals surface area contributed by atoms with Crippen molar-refractivity contribution >= 4 is 11.6 Å². The summed E-state index contributed by atoms with van der Waals surface area (Å²) in [6.07, 6.45) is 3.01. The van der Waals surface area contributed by atoms with E-state index in [2.05, 4.69) is 9.97 Å². The van der Waals surface area contributed by atoms with Crippen LogP contribution in [-0.2, 0) is 0 Å². The molecular weight excluding hydrogens is 230 g/mol. The summed E-state index contributed by atoms with van der Waals surface area (Å²) in [5, 5.41) is 9.20. The monoisotopic (exact) mass is 243 g/mol. The highest BCUT2D eigenvalue weighted by Crippen LogP contribution is 2.18. The number of phenolic OH excluding ortho intramolecular Hbond substituents is 1. The summed E-state index contributed by atoms with van der Waals surface area (Å²) in [5.41, 5.74) is 1.73. The van der Waals surface area contributed by atoms with E-state index in [1.165, 1.54) is 23.2 Å². The molecule has 0 bridgehead atoms. The first kappa shape index (κ1) is 12.0. The summed E-state index contributed by atoms with van der Waals surface area (Å²) >= 11 is 0. The molecule has 1 N–H and O–H groups in total. The molecule has 0 saturated carbocycles. The third kappa shape index (κ3) is 2.45. The van der Waals surface area contributed by atoms with E-state index in [1.54, 1.807) is 25.4 Å². The summed E-state index contributed by atoms with van der Waals surface area (Å²) in [7, 11) is 1.65. The van der Waals surface area contributed by atoms with Crippen molar-refractivity contribution in [1.82, 2.24) is 9.97 Å². The molecule has 0 fully saturated rings. The van der Waals surface area contributed by atoms with Gasteiger partial charge in [0.25, 0.3) is 5.91 Å². The number of carbonyl (C=O) groups excluding carboxylic acids is 1.